The normalized spacial score (nSPS) is 16.6. The molecule has 1 N–H and O–H groups in total. The van der Waals surface area contributed by atoms with E-state index in [0.29, 0.717) is 31.7 Å². The number of carbonyl (C=O) groups is 1. The summed E-state index contributed by atoms with van der Waals surface area (Å²) in [6, 6.07) is 3.01. The predicted octanol–water partition coefficient (Wildman–Crippen LogP) is 0.675. The smallest absolute Gasteiger partial charge is 0.355 e. The van der Waals surface area contributed by atoms with E-state index in [1.165, 1.54) is 10.7 Å². The van der Waals surface area contributed by atoms with Crippen LogP contribution < -0.4 is 15.8 Å². The van der Waals surface area contributed by atoms with Crippen molar-refractivity contribution in [3.8, 4) is 0 Å². The number of aromatic nitrogens is 2. The van der Waals surface area contributed by atoms with Gasteiger partial charge in [-0.3, -0.25) is 9.59 Å². The van der Waals surface area contributed by atoms with Gasteiger partial charge in [-0.2, -0.15) is 18.3 Å². The second-order valence-corrected chi connectivity index (χ2v) is 5.25. The van der Waals surface area contributed by atoms with Gasteiger partial charge in [-0.25, -0.2) is 4.68 Å². The van der Waals surface area contributed by atoms with Crippen molar-refractivity contribution >= 4 is 11.7 Å². The molecule has 1 aromatic heterocycles. The van der Waals surface area contributed by atoms with Gasteiger partial charge in [0.15, 0.2) is 0 Å². The zero-order valence-electron chi connectivity index (χ0n) is 12.1. The molecule has 1 saturated heterocycles. The SMILES string of the molecule is Cn1nc(N2CCC(C(=O)NCC(F)(F)F)CC2)ccc1=O. The van der Waals surface area contributed by atoms with Crippen LogP contribution in [-0.4, -0.2) is 41.5 Å². The van der Waals surface area contributed by atoms with Gasteiger partial charge in [0.1, 0.15) is 12.4 Å². The minimum absolute atomic E-state index is 0.217. The van der Waals surface area contributed by atoms with Crippen molar-refractivity contribution in [1.82, 2.24) is 15.1 Å². The fraction of sp³-hybridized carbons (Fsp3) is 0.615. The summed E-state index contributed by atoms with van der Waals surface area (Å²) in [5.41, 5.74) is -0.217. The lowest BCUT2D eigenvalue weighted by Gasteiger charge is -2.32. The summed E-state index contributed by atoms with van der Waals surface area (Å²) in [6.07, 6.45) is -3.49. The molecule has 0 spiro atoms. The molecule has 0 radical (unpaired) electrons. The molecule has 0 atom stereocenters. The Kier molecular flexibility index (Phi) is 4.72. The molecule has 1 amide bonds. The maximum absolute atomic E-state index is 12.1. The Hall–Kier alpha value is -2.06. The highest BCUT2D eigenvalue weighted by Crippen LogP contribution is 2.21. The van der Waals surface area contributed by atoms with Crippen LogP contribution in [-0.2, 0) is 11.8 Å². The molecule has 2 heterocycles. The number of halogens is 3. The van der Waals surface area contributed by atoms with Crippen LogP contribution in [0.5, 0.6) is 0 Å². The summed E-state index contributed by atoms with van der Waals surface area (Å²) < 4.78 is 37.5. The van der Waals surface area contributed by atoms with Crippen LogP contribution in [0, 0.1) is 5.92 Å². The number of hydrogen-bond acceptors (Lipinski definition) is 4. The summed E-state index contributed by atoms with van der Waals surface area (Å²) in [5.74, 6) is -0.368. The fourth-order valence-electron chi connectivity index (χ4n) is 2.36. The number of hydrogen-bond donors (Lipinski definition) is 1. The second kappa shape index (κ2) is 6.37. The van der Waals surface area contributed by atoms with Crippen LogP contribution in [0.25, 0.3) is 0 Å². The van der Waals surface area contributed by atoms with E-state index in [1.807, 2.05) is 10.2 Å². The van der Waals surface area contributed by atoms with Crippen LogP contribution in [0.15, 0.2) is 16.9 Å². The monoisotopic (exact) mass is 318 g/mol. The van der Waals surface area contributed by atoms with Gasteiger partial charge in [-0.05, 0) is 18.9 Å². The summed E-state index contributed by atoms with van der Waals surface area (Å²) in [4.78, 5) is 24.9. The maximum atomic E-state index is 12.1. The molecular formula is C13H17F3N4O2. The number of rotatable bonds is 3. The topological polar surface area (TPSA) is 67.2 Å². The average Bonchev–Trinajstić information content (AvgIpc) is 2.47. The van der Waals surface area contributed by atoms with Gasteiger partial charge >= 0.3 is 6.18 Å². The molecule has 0 saturated carbocycles. The van der Waals surface area contributed by atoms with E-state index in [-0.39, 0.29) is 5.56 Å². The molecule has 1 aliphatic heterocycles. The van der Waals surface area contributed by atoms with Gasteiger partial charge in [0.2, 0.25) is 5.91 Å². The maximum Gasteiger partial charge on any atom is 0.405 e. The lowest BCUT2D eigenvalue weighted by molar-refractivity contribution is -0.141. The molecule has 0 aliphatic carbocycles. The first-order valence-corrected chi connectivity index (χ1v) is 6.90. The van der Waals surface area contributed by atoms with E-state index in [2.05, 4.69) is 5.10 Å². The molecule has 1 aromatic rings. The minimum Gasteiger partial charge on any atom is -0.355 e. The Morgan fingerprint density at radius 2 is 2.00 bits per heavy atom. The molecule has 2 rings (SSSR count). The number of anilines is 1. The second-order valence-electron chi connectivity index (χ2n) is 5.25. The molecule has 0 bridgehead atoms. The highest BCUT2D eigenvalue weighted by atomic mass is 19.4. The van der Waals surface area contributed by atoms with Crippen LogP contribution in [0.3, 0.4) is 0 Å². The molecule has 9 heteroatoms. The molecule has 1 aliphatic rings. The van der Waals surface area contributed by atoms with Crippen molar-refractivity contribution in [3.05, 3.63) is 22.5 Å². The number of nitrogens with one attached hydrogen (secondary N) is 1. The summed E-state index contributed by atoms with van der Waals surface area (Å²) in [6.45, 7) is -0.279. The van der Waals surface area contributed by atoms with E-state index in [0.717, 1.165) is 0 Å². The lowest BCUT2D eigenvalue weighted by atomic mass is 9.96. The summed E-state index contributed by atoms with van der Waals surface area (Å²) in [5, 5.41) is 6.04. The zero-order valence-corrected chi connectivity index (χ0v) is 12.1. The molecule has 1 fully saturated rings. The summed E-state index contributed by atoms with van der Waals surface area (Å²) >= 11 is 0. The summed E-state index contributed by atoms with van der Waals surface area (Å²) in [7, 11) is 1.54. The highest BCUT2D eigenvalue weighted by Gasteiger charge is 2.31. The lowest BCUT2D eigenvalue weighted by Crippen LogP contribution is -2.43. The van der Waals surface area contributed by atoms with E-state index >= 15 is 0 Å². The third kappa shape index (κ3) is 4.22. The van der Waals surface area contributed by atoms with E-state index in [1.54, 1.807) is 13.1 Å². The Balaban J connectivity index is 1.88. The van der Waals surface area contributed by atoms with Gasteiger partial charge in [0, 0.05) is 32.1 Å². The van der Waals surface area contributed by atoms with Crippen molar-refractivity contribution < 1.29 is 18.0 Å². The molecule has 22 heavy (non-hydrogen) atoms. The van der Waals surface area contributed by atoms with Gasteiger partial charge in [-0.15, -0.1) is 0 Å². The van der Waals surface area contributed by atoms with Gasteiger partial charge < -0.3 is 10.2 Å². The number of amides is 1. The Bertz CT molecular complexity index is 592. The first-order valence-electron chi connectivity index (χ1n) is 6.90. The highest BCUT2D eigenvalue weighted by molar-refractivity contribution is 5.79. The Labute approximate surface area is 124 Å². The fourth-order valence-corrected chi connectivity index (χ4v) is 2.36. The molecular weight excluding hydrogens is 301 g/mol. The van der Waals surface area contributed by atoms with Crippen molar-refractivity contribution in [3.63, 3.8) is 0 Å². The first-order chi connectivity index (χ1) is 10.3. The number of alkyl halides is 3. The van der Waals surface area contributed by atoms with Crippen LogP contribution in [0.2, 0.25) is 0 Å². The Morgan fingerprint density at radius 3 is 2.55 bits per heavy atom. The van der Waals surface area contributed by atoms with E-state index in [9.17, 15) is 22.8 Å². The standard InChI is InChI=1S/C13H17F3N4O2/c1-19-11(21)3-2-10(18-19)20-6-4-9(5-7-20)12(22)17-8-13(14,15)16/h2-3,9H,4-8H2,1H3,(H,17,22). The van der Waals surface area contributed by atoms with Gasteiger partial charge in [0.05, 0.1) is 0 Å². The number of carbonyl (C=O) groups excluding carboxylic acids is 1. The predicted molar refractivity (Wildman–Crippen MR) is 73.5 cm³/mol. The van der Waals surface area contributed by atoms with Gasteiger partial charge in [-0.1, -0.05) is 0 Å². The average molecular weight is 318 g/mol. The minimum atomic E-state index is -4.39. The van der Waals surface area contributed by atoms with E-state index < -0.39 is 24.5 Å². The third-order valence-corrected chi connectivity index (χ3v) is 3.60. The van der Waals surface area contributed by atoms with Crippen LogP contribution in [0.1, 0.15) is 12.8 Å². The Morgan fingerprint density at radius 1 is 1.36 bits per heavy atom. The first kappa shape index (κ1) is 16.3. The largest absolute Gasteiger partial charge is 0.405 e. The quantitative estimate of drug-likeness (QED) is 0.890. The number of aryl methyl sites for hydroxylation is 1. The third-order valence-electron chi connectivity index (χ3n) is 3.60. The van der Waals surface area contributed by atoms with Crippen LogP contribution in [0.4, 0.5) is 19.0 Å². The zero-order chi connectivity index (χ0) is 16.3. The molecule has 122 valence electrons. The molecule has 0 unspecified atom stereocenters. The van der Waals surface area contributed by atoms with Gasteiger partial charge in [0.25, 0.3) is 5.56 Å². The molecule has 0 aromatic carbocycles. The van der Waals surface area contributed by atoms with Crippen molar-refractivity contribution in [2.75, 3.05) is 24.5 Å². The van der Waals surface area contributed by atoms with Crippen molar-refractivity contribution in [1.29, 1.82) is 0 Å². The van der Waals surface area contributed by atoms with E-state index in [4.69, 9.17) is 0 Å². The molecule has 6 nitrogen and oxygen atoms in total. The van der Waals surface area contributed by atoms with Crippen molar-refractivity contribution in [2.24, 2.45) is 13.0 Å². The van der Waals surface area contributed by atoms with Crippen LogP contribution >= 0.6 is 0 Å². The number of nitrogens with zero attached hydrogens (tertiary/aromatic N) is 3. The number of piperidine rings is 1. The van der Waals surface area contributed by atoms with Crippen molar-refractivity contribution in [2.45, 2.75) is 19.0 Å².